The second-order valence-corrected chi connectivity index (χ2v) is 13.2. The molecule has 0 aromatic heterocycles. The van der Waals surface area contributed by atoms with Gasteiger partial charge in [0, 0.05) is 19.4 Å². The predicted molar refractivity (Wildman–Crippen MR) is 205 cm³/mol. The van der Waals surface area contributed by atoms with Gasteiger partial charge < -0.3 is 20.1 Å². The van der Waals surface area contributed by atoms with Crippen molar-refractivity contribution in [2.45, 2.75) is 129 Å². The molecule has 0 fully saturated rings. The Morgan fingerprint density at radius 1 is 0.620 bits per heavy atom. The Labute approximate surface area is 303 Å². The monoisotopic (exact) mass is 719 g/mol. The summed E-state index contributed by atoms with van der Waals surface area (Å²) in [4.78, 5) is 34.7. The molecular weight excluding hydrogens is 653 g/mol. The average molecular weight is 720 g/mol. The van der Waals surface area contributed by atoms with Crippen LogP contribution in [0.2, 0.25) is 0 Å². The van der Waals surface area contributed by atoms with Gasteiger partial charge >= 0.3 is 19.8 Å². The smallest absolute Gasteiger partial charge is 0.462 e. The van der Waals surface area contributed by atoms with E-state index in [1.54, 1.807) is 0 Å². The molecule has 10 heteroatoms. The van der Waals surface area contributed by atoms with Gasteiger partial charge in [-0.3, -0.25) is 18.6 Å². The molecule has 0 radical (unpaired) electrons. The Morgan fingerprint density at radius 2 is 1.14 bits per heavy atom. The number of nitrogens with two attached hydrogens (primary N) is 1. The summed E-state index contributed by atoms with van der Waals surface area (Å²) in [6.07, 6.45) is 43.3. The molecule has 3 N–H and O–H groups in total. The van der Waals surface area contributed by atoms with E-state index in [2.05, 4.69) is 62.5 Å². The van der Waals surface area contributed by atoms with Crippen LogP contribution in [-0.4, -0.2) is 49.3 Å². The van der Waals surface area contributed by atoms with Crippen LogP contribution in [0.1, 0.15) is 123 Å². The minimum atomic E-state index is -4.39. The Morgan fingerprint density at radius 3 is 1.80 bits per heavy atom. The fraction of sp³-hybridized carbons (Fsp3) is 0.600. The average Bonchev–Trinajstić information content (AvgIpc) is 3.10. The lowest BCUT2D eigenvalue weighted by Gasteiger charge is -2.19. The Hall–Kier alpha value is -2.81. The van der Waals surface area contributed by atoms with Gasteiger partial charge in [0.1, 0.15) is 6.61 Å². The molecule has 0 aliphatic rings. The number of phosphoric acid groups is 1. The number of rotatable bonds is 33. The summed E-state index contributed by atoms with van der Waals surface area (Å²) in [5.41, 5.74) is 5.32. The topological polar surface area (TPSA) is 134 Å². The molecule has 0 saturated heterocycles. The highest BCUT2D eigenvalue weighted by Crippen LogP contribution is 2.43. The normalized spacial score (nSPS) is 14.4. The van der Waals surface area contributed by atoms with Gasteiger partial charge in [0.05, 0.1) is 13.2 Å². The minimum absolute atomic E-state index is 0.0396. The van der Waals surface area contributed by atoms with Gasteiger partial charge in [-0.05, 0) is 64.2 Å². The summed E-state index contributed by atoms with van der Waals surface area (Å²) < 4.78 is 32.6. The third kappa shape index (κ3) is 35.0. The van der Waals surface area contributed by atoms with Crippen LogP contribution in [0.25, 0.3) is 0 Å². The number of hydrogen-bond acceptors (Lipinski definition) is 8. The van der Waals surface area contributed by atoms with E-state index in [-0.39, 0.29) is 32.6 Å². The van der Waals surface area contributed by atoms with Crippen LogP contribution in [0.4, 0.5) is 0 Å². The summed E-state index contributed by atoms with van der Waals surface area (Å²) in [7, 11) is -4.39. The molecule has 9 nitrogen and oxygen atoms in total. The lowest BCUT2D eigenvalue weighted by atomic mass is 10.1. The zero-order valence-electron chi connectivity index (χ0n) is 30.8. The quantitative estimate of drug-likeness (QED) is 0.0223. The van der Waals surface area contributed by atoms with Gasteiger partial charge in [-0.2, -0.15) is 0 Å². The van der Waals surface area contributed by atoms with Gasteiger partial charge in [-0.15, -0.1) is 0 Å². The zero-order chi connectivity index (χ0) is 36.8. The van der Waals surface area contributed by atoms with Crippen molar-refractivity contribution < 1.29 is 37.6 Å². The first-order valence-corrected chi connectivity index (χ1v) is 20.1. The molecule has 0 amide bonds. The maximum Gasteiger partial charge on any atom is 0.472 e. The van der Waals surface area contributed by atoms with Crippen molar-refractivity contribution in [3.8, 4) is 0 Å². The molecule has 0 aromatic carbocycles. The van der Waals surface area contributed by atoms with Crippen LogP contribution < -0.4 is 5.73 Å². The van der Waals surface area contributed by atoms with Crippen LogP contribution in [0.15, 0.2) is 85.1 Å². The predicted octanol–water partition coefficient (Wildman–Crippen LogP) is 10.1. The van der Waals surface area contributed by atoms with Crippen molar-refractivity contribution in [1.29, 1.82) is 0 Å². The first-order valence-electron chi connectivity index (χ1n) is 18.6. The third-order valence-electron chi connectivity index (χ3n) is 7.12. The molecule has 284 valence electrons. The number of hydrogen-bond donors (Lipinski definition) is 2. The maximum atomic E-state index is 12.5. The number of phosphoric ester groups is 1. The molecule has 0 aromatic rings. The van der Waals surface area contributed by atoms with Crippen molar-refractivity contribution >= 4 is 19.8 Å². The van der Waals surface area contributed by atoms with Crippen LogP contribution >= 0.6 is 7.82 Å². The van der Waals surface area contributed by atoms with E-state index in [1.807, 2.05) is 36.5 Å². The molecule has 50 heavy (non-hydrogen) atoms. The molecule has 0 heterocycles. The highest BCUT2D eigenvalue weighted by Gasteiger charge is 2.25. The van der Waals surface area contributed by atoms with E-state index in [0.29, 0.717) is 12.8 Å². The Kier molecular flexibility index (Phi) is 34.0. The first kappa shape index (κ1) is 47.2. The van der Waals surface area contributed by atoms with Crippen LogP contribution in [-0.2, 0) is 32.7 Å². The lowest BCUT2D eigenvalue weighted by molar-refractivity contribution is -0.161. The standard InChI is InChI=1S/C40H66NO8P/c1-3-5-7-9-11-13-15-17-18-19-21-22-24-26-28-30-32-39(42)46-36-38(37-48-50(44,45)47-35-34-41)49-40(43)33-31-29-27-25-23-20-16-14-12-10-8-6-4-2/h5-8,10-14,16-18,20,23,38H,3-4,9,15,19,21-22,24-37,41H2,1-2H3,(H,44,45)/b7-5+,8-6+,12-10+,13-11+,16-14+,18-17+,23-20+. The molecule has 0 aliphatic carbocycles. The number of carbonyl (C=O) groups excluding carboxylic acids is 2. The van der Waals surface area contributed by atoms with Crippen LogP contribution in [0, 0.1) is 0 Å². The molecular formula is C40H66NO8P. The summed E-state index contributed by atoms with van der Waals surface area (Å²) in [6.45, 7) is 3.37. The number of ether oxygens (including phenoxy) is 2. The number of esters is 2. The van der Waals surface area contributed by atoms with Crippen LogP contribution in [0.3, 0.4) is 0 Å². The summed E-state index contributed by atoms with van der Waals surface area (Å²) in [5.74, 6) is -0.902. The van der Waals surface area contributed by atoms with E-state index in [0.717, 1.165) is 83.5 Å². The van der Waals surface area contributed by atoms with Crippen molar-refractivity contribution in [2.75, 3.05) is 26.4 Å². The molecule has 2 atom stereocenters. The van der Waals surface area contributed by atoms with Gasteiger partial charge in [-0.1, -0.05) is 131 Å². The van der Waals surface area contributed by atoms with Crippen molar-refractivity contribution in [1.82, 2.24) is 0 Å². The highest BCUT2D eigenvalue weighted by molar-refractivity contribution is 7.47. The first-order chi connectivity index (χ1) is 24.3. The van der Waals surface area contributed by atoms with E-state index >= 15 is 0 Å². The maximum absolute atomic E-state index is 12.5. The van der Waals surface area contributed by atoms with Gasteiger partial charge in [0.25, 0.3) is 0 Å². The minimum Gasteiger partial charge on any atom is -0.462 e. The second-order valence-electron chi connectivity index (χ2n) is 11.8. The second kappa shape index (κ2) is 36.0. The summed E-state index contributed by atoms with van der Waals surface area (Å²) in [6, 6.07) is 0. The number of allylic oxidation sites excluding steroid dienone is 14. The molecule has 0 rings (SSSR count). The van der Waals surface area contributed by atoms with Gasteiger partial charge in [0.2, 0.25) is 0 Å². The largest absolute Gasteiger partial charge is 0.472 e. The highest BCUT2D eigenvalue weighted by atomic mass is 31.2. The van der Waals surface area contributed by atoms with E-state index in [4.69, 9.17) is 24.3 Å². The SMILES string of the molecule is CC/C=C/C=C/C=C/C=C/CCCCCC(=O)OC(COC(=O)CCCCCCCC/C=C/C/C=C/C/C=C/CC)COP(=O)(O)OCCN. The lowest BCUT2D eigenvalue weighted by Crippen LogP contribution is -2.29. The number of unbranched alkanes of at least 4 members (excludes halogenated alkanes) is 9. The zero-order valence-corrected chi connectivity index (χ0v) is 31.7. The van der Waals surface area contributed by atoms with Crippen molar-refractivity contribution in [2.24, 2.45) is 5.73 Å². The Balaban J connectivity index is 4.33. The van der Waals surface area contributed by atoms with E-state index in [1.165, 1.54) is 0 Å². The molecule has 0 saturated carbocycles. The fourth-order valence-electron chi connectivity index (χ4n) is 4.42. The van der Waals surface area contributed by atoms with Gasteiger partial charge in [0.15, 0.2) is 6.10 Å². The third-order valence-corrected chi connectivity index (χ3v) is 8.11. The molecule has 0 aliphatic heterocycles. The van der Waals surface area contributed by atoms with Crippen molar-refractivity contribution in [3.05, 3.63) is 85.1 Å². The molecule has 0 bridgehead atoms. The number of carbonyl (C=O) groups is 2. The molecule has 0 spiro atoms. The van der Waals surface area contributed by atoms with Crippen molar-refractivity contribution in [3.63, 3.8) is 0 Å². The van der Waals surface area contributed by atoms with Gasteiger partial charge in [-0.25, -0.2) is 4.57 Å². The summed E-state index contributed by atoms with van der Waals surface area (Å²) in [5, 5.41) is 0. The fourth-order valence-corrected chi connectivity index (χ4v) is 5.19. The Bertz CT molecular complexity index is 1090. The summed E-state index contributed by atoms with van der Waals surface area (Å²) >= 11 is 0. The van der Waals surface area contributed by atoms with E-state index < -0.39 is 32.5 Å². The van der Waals surface area contributed by atoms with Crippen LogP contribution in [0.5, 0.6) is 0 Å². The molecule has 2 unspecified atom stereocenters. The van der Waals surface area contributed by atoms with E-state index in [9.17, 15) is 19.0 Å².